The predicted octanol–water partition coefficient (Wildman–Crippen LogP) is 3.40. The third-order valence-electron chi connectivity index (χ3n) is 6.31. The van der Waals surface area contributed by atoms with Crippen LogP contribution in [-0.4, -0.2) is 57.4 Å². The van der Waals surface area contributed by atoms with Crippen LogP contribution in [-0.2, 0) is 13.0 Å². The summed E-state index contributed by atoms with van der Waals surface area (Å²) in [5, 5.41) is 9.55. The molecule has 8 heteroatoms. The van der Waals surface area contributed by atoms with Crippen LogP contribution < -0.4 is 4.90 Å². The number of aromatic nitrogens is 4. The van der Waals surface area contributed by atoms with Crippen molar-refractivity contribution >= 4 is 29.0 Å². The minimum atomic E-state index is -0.0369. The predicted molar refractivity (Wildman–Crippen MR) is 111 cm³/mol. The van der Waals surface area contributed by atoms with Crippen LogP contribution in [0, 0.1) is 11.8 Å². The number of halogens is 2. The lowest BCUT2D eigenvalue weighted by molar-refractivity contribution is 0.194. The monoisotopic (exact) mass is 420 g/mol. The zero-order valence-corrected chi connectivity index (χ0v) is 17.5. The Morgan fingerprint density at radius 3 is 2.54 bits per heavy atom. The van der Waals surface area contributed by atoms with Crippen molar-refractivity contribution in [1.29, 1.82) is 0 Å². The first-order valence-electron chi connectivity index (χ1n) is 10.3. The molecular weight excluding hydrogens is 395 g/mol. The van der Waals surface area contributed by atoms with Crippen molar-refractivity contribution in [2.75, 3.05) is 37.6 Å². The van der Waals surface area contributed by atoms with Gasteiger partial charge in [0, 0.05) is 51.9 Å². The molecule has 150 valence electrons. The molecule has 0 radical (unpaired) electrons. The van der Waals surface area contributed by atoms with E-state index in [0.717, 1.165) is 75.5 Å². The molecule has 1 saturated heterocycles. The number of piperazine rings is 1. The molecule has 2 fully saturated rings. The third-order valence-corrected chi connectivity index (χ3v) is 7.08. The van der Waals surface area contributed by atoms with Crippen molar-refractivity contribution in [3.8, 4) is 0 Å². The van der Waals surface area contributed by atoms with Gasteiger partial charge in [-0.1, -0.05) is 11.6 Å². The van der Waals surface area contributed by atoms with Gasteiger partial charge in [0.15, 0.2) is 5.82 Å². The minimum Gasteiger partial charge on any atom is -0.354 e. The van der Waals surface area contributed by atoms with Crippen LogP contribution in [0.2, 0.25) is 5.02 Å². The van der Waals surface area contributed by atoms with Gasteiger partial charge in [-0.05, 0) is 43.2 Å². The number of hydrogen-bond donors (Lipinski definition) is 0. The van der Waals surface area contributed by atoms with E-state index < -0.39 is 0 Å². The second-order valence-corrected chi connectivity index (χ2v) is 9.25. The van der Waals surface area contributed by atoms with Gasteiger partial charge >= 0.3 is 0 Å². The molecule has 2 unspecified atom stereocenters. The van der Waals surface area contributed by atoms with Gasteiger partial charge in [-0.15, -0.1) is 21.8 Å². The molecule has 2 aromatic rings. The molecule has 5 rings (SSSR count). The molecule has 0 N–H and O–H groups in total. The average molecular weight is 421 g/mol. The SMILES string of the molecule is Clc1ccc(N2CCN(CC3CCn4c(CC5CC5)nnc4C3Cl)CC2)nc1. The van der Waals surface area contributed by atoms with Crippen molar-refractivity contribution < 1.29 is 0 Å². The average Bonchev–Trinajstić information content (AvgIpc) is 3.44. The molecule has 28 heavy (non-hydrogen) atoms. The minimum absolute atomic E-state index is 0.0369. The zero-order chi connectivity index (χ0) is 19.1. The Hall–Kier alpha value is -1.37. The summed E-state index contributed by atoms with van der Waals surface area (Å²) >= 11 is 12.8. The Kier molecular flexibility index (Phi) is 5.20. The topological polar surface area (TPSA) is 50.1 Å². The lowest BCUT2D eigenvalue weighted by Crippen LogP contribution is -2.48. The van der Waals surface area contributed by atoms with Crippen LogP contribution in [0.5, 0.6) is 0 Å². The van der Waals surface area contributed by atoms with E-state index in [0.29, 0.717) is 10.9 Å². The summed E-state index contributed by atoms with van der Waals surface area (Å²) in [6, 6.07) is 3.91. The number of fused-ring (bicyclic) bond motifs is 1. The molecule has 2 aromatic heterocycles. The van der Waals surface area contributed by atoms with Gasteiger partial charge in [-0.3, -0.25) is 4.90 Å². The van der Waals surface area contributed by atoms with Crippen LogP contribution in [0.4, 0.5) is 5.82 Å². The molecule has 0 spiro atoms. The first kappa shape index (κ1) is 18.6. The fourth-order valence-electron chi connectivity index (χ4n) is 4.41. The fraction of sp³-hybridized carbons (Fsp3) is 0.650. The van der Waals surface area contributed by atoms with Crippen LogP contribution >= 0.6 is 23.2 Å². The normalized spacial score (nSPS) is 25.7. The molecule has 4 heterocycles. The molecule has 0 bridgehead atoms. The molecular formula is C20H26Cl2N6. The Morgan fingerprint density at radius 1 is 1.00 bits per heavy atom. The molecule has 6 nitrogen and oxygen atoms in total. The van der Waals surface area contributed by atoms with Gasteiger partial charge in [0.25, 0.3) is 0 Å². The van der Waals surface area contributed by atoms with Gasteiger partial charge < -0.3 is 9.47 Å². The molecule has 2 aliphatic heterocycles. The van der Waals surface area contributed by atoms with E-state index >= 15 is 0 Å². The Labute approximate surface area is 175 Å². The summed E-state index contributed by atoms with van der Waals surface area (Å²) in [6.45, 7) is 6.06. The second-order valence-electron chi connectivity index (χ2n) is 8.35. The standard InChI is InChI=1S/C20H26Cl2N6/c21-16-3-4-17(23-12-16)27-9-7-26(8-10-27)13-15-5-6-28-18(11-14-1-2-14)24-25-20(28)19(15)22/h3-4,12,14-15,19H,1-2,5-11,13H2. The van der Waals surface area contributed by atoms with E-state index in [1.165, 1.54) is 12.8 Å². The Balaban J connectivity index is 1.17. The lowest BCUT2D eigenvalue weighted by atomic mass is 9.96. The highest BCUT2D eigenvalue weighted by molar-refractivity contribution is 6.30. The summed E-state index contributed by atoms with van der Waals surface area (Å²) in [5.74, 6) is 4.40. The highest BCUT2D eigenvalue weighted by atomic mass is 35.5. The second kappa shape index (κ2) is 7.81. The maximum Gasteiger partial charge on any atom is 0.151 e. The van der Waals surface area contributed by atoms with Crippen LogP contribution in [0.25, 0.3) is 0 Å². The Bertz CT molecular complexity index is 811. The first-order valence-corrected chi connectivity index (χ1v) is 11.1. The molecule has 2 atom stereocenters. The highest BCUT2D eigenvalue weighted by Gasteiger charge is 2.35. The number of hydrogen-bond acceptors (Lipinski definition) is 5. The van der Waals surface area contributed by atoms with Gasteiger partial charge in [0.2, 0.25) is 0 Å². The maximum absolute atomic E-state index is 6.85. The van der Waals surface area contributed by atoms with Crippen molar-refractivity contribution in [3.05, 3.63) is 35.0 Å². The third kappa shape index (κ3) is 3.87. The van der Waals surface area contributed by atoms with E-state index in [1.807, 2.05) is 12.1 Å². The fourth-order valence-corrected chi connectivity index (χ4v) is 4.89. The van der Waals surface area contributed by atoms with Crippen molar-refractivity contribution in [3.63, 3.8) is 0 Å². The largest absolute Gasteiger partial charge is 0.354 e. The van der Waals surface area contributed by atoms with E-state index in [-0.39, 0.29) is 5.38 Å². The number of alkyl halides is 1. The molecule has 1 saturated carbocycles. The van der Waals surface area contributed by atoms with Gasteiger partial charge in [0.05, 0.1) is 10.4 Å². The van der Waals surface area contributed by atoms with E-state index in [1.54, 1.807) is 6.20 Å². The van der Waals surface area contributed by atoms with E-state index in [2.05, 4.69) is 29.5 Å². The molecule has 0 aromatic carbocycles. The van der Waals surface area contributed by atoms with Crippen molar-refractivity contribution in [2.45, 2.75) is 37.6 Å². The van der Waals surface area contributed by atoms with Gasteiger partial charge in [-0.25, -0.2) is 4.98 Å². The van der Waals surface area contributed by atoms with E-state index in [9.17, 15) is 0 Å². The number of rotatable bonds is 5. The molecule has 3 aliphatic rings. The Morgan fingerprint density at radius 2 is 1.82 bits per heavy atom. The van der Waals surface area contributed by atoms with Gasteiger partial charge in [-0.2, -0.15) is 0 Å². The zero-order valence-electron chi connectivity index (χ0n) is 16.0. The summed E-state index contributed by atoms with van der Waals surface area (Å²) in [4.78, 5) is 9.30. The number of pyridine rings is 1. The highest BCUT2D eigenvalue weighted by Crippen LogP contribution is 2.38. The molecule has 0 amide bonds. The lowest BCUT2D eigenvalue weighted by Gasteiger charge is -2.38. The first-order chi connectivity index (χ1) is 13.7. The number of anilines is 1. The van der Waals surface area contributed by atoms with Crippen LogP contribution in [0.15, 0.2) is 18.3 Å². The number of nitrogens with zero attached hydrogens (tertiary/aromatic N) is 6. The smallest absolute Gasteiger partial charge is 0.151 e. The quantitative estimate of drug-likeness (QED) is 0.693. The summed E-state index contributed by atoms with van der Waals surface area (Å²) in [5.41, 5.74) is 0. The maximum atomic E-state index is 6.85. The van der Waals surface area contributed by atoms with Gasteiger partial charge in [0.1, 0.15) is 11.6 Å². The van der Waals surface area contributed by atoms with Crippen molar-refractivity contribution in [2.24, 2.45) is 11.8 Å². The molecule has 1 aliphatic carbocycles. The summed E-state index contributed by atoms with van der Waals surface area (Å²) < 4.78 is 2.29. The van der Waals surface area contributed by atoms with Crippen molar-refractivity contribution in [1.82, 2.24) is 24.6 Å². The summed E-state index contributed by atoms with van der Waals surface area (Å²) in [6.07, 6.45) is 6.58. The van der Waals surface area contributed by atoms with E-state index in [4.69, 9.17) is 23.2 Å². The summed E-state index contributed by atoms with van der Waals surface area (Å²) in [7, 11) is 0. The van der Waals surface area contributed by atoms with Crippen LogP contribution in [0.1, 0.15) is 36.3 Å². The van der Waals surface area contributed by atoms with Crippen LogP contribution in [0.3, 0.4) is 0 Å².